The van der Waals surface area contributed by atoms with E-state index in [1.54, 1.807) is 6.33 Å². The smallest absolute Gasteiger partial charge is 0.224 e. The van der Waals surface area contributed by atoms with Crippen molar-refractivity contribution in [2.24, 2.45) is 0 Å². The molecule has 1 aliphatic rings. The molecule has 100 valence electrons. The number of H-pyrrole nitrogens is 1. The number of likely N-dealkylation sites (tertiary alicyclic amines) is 1. The molecule has 1 fully saturated rings. The van der Waals surface area contributed by atoms with Gasteiger partial charge in [-0.2, -0.15) is 0 Å². The molecule has 0 atom stereocenters. The highest BCUT2D eigenvalue weighted by atomic mass is 16.2. The number of amides is 1. The maximum Gasteiger partial charge on any atom is 0.224 e. The van der Waals surface area contributed by atoms with Crippen molar-refractivity contribution in [3.05, 3.63) is 12.7 Å². The van der Waals surface area contributed by atoms with Gasteiger partial charge in [0, 0.05) is 26.1 Å². The van der Waals surface area contributed by atoms with Gasteiger partial charge in [0.1, 0.15) is 11.8 Å². The van der Waals surface area contributed by atoms with Crippen LogP contribution >= 0.6 is 0 Å². The zero-order valence-electron chi connectivity index (χ0n) is 10.6. The van der Waals surface area contributed by atoms with Crippen molar-refractivity contribution in [3.8, 4) is 0 Å². The largest absolute Gasteiger partial charge is 0.368 e. The number of rotatable bonds is 4. The summed E-state index contributed by atoms with van der Waals surface area (Å²) in [6, 6.07) is 0. The second-order valence-corrected chi connectivity index (χ2v) is 4.59. The van der Waals surface area contributed by atoms with Crippen LogP contribution in [0.2, 0.25) is 0 Å². The number of carbonyl (C=O) groups excluding carboxylic acids is 1. The molecule has 1 aliphatic heterocycles. The Hall–Kier alpha value is -2.18. The van der Waals surface area contributed by atoms with Gasteiger partial charge in [-0.15, -0.1) is 0 Å². The molecule has 1 saturated heterocycles. The second-order valence-electron chi connectivity index (χ2n) is 4.59. The Morgan fingerprint density at radius 2 is 2.16 bits per heavy atom. The van der Waals surface area contributed by atoms with E-state index in [1.807, 2.05) is 4.90 Å². The first-order chi connectivity index (χ1) is 9.34. The summed E-state index contributed by atoms with van der Waals surface area (Å²) in [6.07, 6.45) is 5.78. The summed E-state index contributed by atoms with van der Waals surface area (Å²) < 4.78 is 0. The van der Waals surface area contributed by atoms with Crippen molar-refractivity contribution < 1.29 is 4.79 Å². The van der Waals surface area contributed by atoms with Gasteiger partial charge < -0.3 is 15.2 Å². The predicted molar refractivity (Wildman–Crippen MR) is 70.6 cm³/mol. The highest BCUT2D eigenvalue weighted by Crippen LogP contribution is 2.14. The van der Waals surface area contributed by atoms with Crippen LogP contribution in [0.15, 0.2) is 12.7 Å². The molecule has 2 aromatic rings. The minimum Gasteiger partial charge on any atom is -0.368 e. The fourth-order valence-electron chi connectivity index (χ4n) is 2.31. The quantitative estimate of drug-likeness (QED) is 0.848. The lowest BCUT2D eigenvalue weighted by molar-refractivity contribution is -0.129. The maximum absolute atomic E-state index is 11.9. The number of hydrogen-bond donors (Lipinski definition) is 2. The van der Waals surface area contributed by atoms with E-state index >= 15 is 0 Å². The first kappa shape index (κ1) is 11.9. The van der Waals surface area contributed by atoms with E-state index in [9.17, 15) is 4.79 Å². The molecular weight excluding hydrogens is 244 g/mol. The van der Waals surface area contributed by atoms with E-state index in [2.05, 4.69) is 25.3 Å². The summed E-state index contributed by atoms with van der Waals surface area (Å²) >= 11 is 0. The number of hydrogen-bond acceptors (Lipinski definition) is 5. The van der Waals surface area contributed by atoms with Crippen LogP contribution in [0.1, 0.15) is 19.3 Å². The average Bonchev–Trinajstić information content (AvgIpc) is 3.10. The van der Waals surface area contributed by atoms with E-state index < -0.39 is 0 Å². The van der Waals surface area contributed by atoms with Crippen LogP contribution in [-0.4, -0.2) is 50.4 Å². The lowest BCUT2D eigenvalue weighted by Gasteiger charge is -2.15. The Labute approximate surface area is 110 Å². The minimum atomic E-state index is 0.208. The van der Waals surface area contributed by atoms with Crippen LogP contribution in [0.4, 0.5) is 5.82 Å². The van der Waals surface area contributed by atoms with Gasteiger partial charge in [-0.3, -0.25) is 4.79 Å². The standard InChI is InChI=1S/C12H16N6O/c19-9(18-5-1-2-6-18)3-4-13-11-10-12(15-7-14-10)17-8-16-11/h7-8H,1-6H2,(H2,13,14,15,16,17). The predicted octanol–water partition coefficient (Wildman–Crippen LogP) is 0.777. The van der Waals surface area contributed by atoms with E-state index in [1.165, 1.54) is 6.33 Å². The Balaban J connectivity index is 1.57. The summed E-state index contributed by atoms with van der Waals surface area (Å²) in [5.74, 6) is 0.900. The van der Waals surface area contributed by atoms with Crippen molar-refractivity contribution in [3.63, 3.8) is 0 Å². The summed E-state index contributed by atoms with van der Waals surface area (Å²) in [6.45, 7) is 2.37. The van der Waals surface area contributed by atoms with E-state index in [0.29, 0.717) is 24.4 Å². The third kappa shape index (κ3) is 2.49. The summed E-state index contributed by atoms with van der Waals surface area (Å²) in [7, 11) is 0. The van der Waals surface area contributed by atoms with Gasteiger partial charge in [0.15, 0.2) is 11.5 Å². The topological polar surface area (TPSA) is 86.8 Å². The van der Waals surface area contributed by atoms with Crippen LogP contribution < -0.4 is 5.32 Å². The van der Waals surface area contributed by atoms with Crippen molar-refractivity contribution in [2.45, 2.75) is 19.3 Å². The summed E-state index contributed by atoms with van der Waals surface area (Å²) in [5, 5.41) is 3.16. The molecular formula is C12H16N6O. The highest BCUT2D eigenvalue weighted by molar-refractivity contribution is 5.82. The number of aromatic amines is 1. The number of imidazole rings is 1. The molecule has 0 spiro atoms. The van der Waals surface area contributed by atoms with Crippen molar-refractivity contribution in [2.75, 3.05) is 25.0 Å². The zero-order valence-corrected chi connectivity index (χ0v) is 10.6. The SMILES string of the molecule is O=C(CCNc1ncnc2nc[nH]c12)N1CCCC1. The van der Waals surface area contributed by atoms with Gasteiger partial charge in [0.05, 0.1) is 6.33 Å². The van der Waals surface area contributed by atoms with Gasteiger partial charge in [-0.05, 0) is 12.8 Å². The minimum absolute atomic E-state index is 0.208. The fraction of sp³-hybridized carbons (Fsp3) is 0.500. The molecule has 0 bridgehead atoms. The Morgan fingerprint density at radius 3 is 3.00 bits per heavy atom. The van der Waals surface area contributed by atoms with Gasteiger partial charge in [0.2, 0.25) is 5.91 Å². The van der Waals surface area contributed by atoms with Gasteiger partial charge in [-0.25, -0.2) is 15.0 Å². The molecule has 0 unspecified atom stereocenters. The molecule has 3 rings (SSSR count). The zero-order chi connectivity index (χ0) is 13.1. The van der Waals surface area contributed by atoms with Crippen molar-refractivity contribution in [1.82, 2.24) is 24.8 Å². The second kappa shape index (κ2) is 5.21. The monoisotopic (exact) mass is 260 g/mol. The third-order valence-electron chi connectivity index (χ3n) is 3.31. The lowest BCUT2D eigenvalue weighted by Crippen LogP contribution is -2.29. The number of aromatic nitrogens is 4. The number of fused-ring (bicyclic) bond motifs is 1. The molecule has 0 aliphatic carbocycles. The number of anilines is 1. The van der Waals surface area contributed by atoms with Crippen LogP contribution in [0.3, 0.4) is 0 Å². The molecule has 7 nitrogen and oxygen atoms in total. The third-order valence-corrected chi connectivity index (χ3v) is 3.31. The molecule has 19 heavy (non-hydrogen) atoms. The van der Waals surface area contributed by atoms with Crippen LogP contribution in [0.25, 0.3) is 11.2 Å². The molecule has 0 aromatic carbocycles. The Kier molecular flexibility index (Phi) is 3.26. The number of nitrogens with zero attached hydrogens (tertiary/aromatic N) is 4. The van der Waals surface area contributed by atoms with Gasteiger partial charge in [0.25, 0.3) is 0 Å². The molecule has 0 saturated carbocycles. The van der Waals surface area contributed by atoms with E-state index in [4.69, 9.17) is 0 Å². The first-order valence-corrected chi connectivity index (χ1v) is 6.50. The Morgan fingerprint density at radius 1 is 1.32 bits per heavy atom. The molecule has 2 N–H and O–H groups in total. The molecule has 7 heteroatoms. The van der Waals surface area contributed by atoms with Crippen molar-refractivity contribution >= 4 is 22.9 Å². The Bertz CT molecular complexity index is 574. The fourth-order valence-corrected chi connectivity index (χ4v) is 2.31. The normalized spacial score (nSPS) is 15.1. The summed E-state index contributed by atoms with van der Waals surface area (Å²) in [5.41, 5.74) is 1.40. The molecule has 1 amide bonds. The molecule has 2 aromatic heterocycles. The van der Waals surface area contributed by atoms with Crippen LogP contribution in [0, 0.1) is 0 Å². The van der Waals surface area contributed by atoms with Crippen LogP contribution in [-0.2, 0) is 4.79 Å². The molecule has 0 radical (unpaired) electrons. The first-order valence-electron chi connectivity index (χ1n) is 6.50. The van der Waals surface area contributed by atoms with Gasteiger partial charge in [-0.1, -0.05) is 0 Å². The molecule has 3 heterocycles. The average molecular weight is 260 g/mol. The van der Waals surface area contributed by atoms with Crippen LogP contribution in [0.5, 0.6) is 0 Å². The van der Waals surface area contributed by atoms with E-state index in [0.717, 1.165) is 31.4 Å². The lowest BCUT2D eigenvalue weighted by atomic mass is 10.3. The highest BCUT2D eigenvalue weighted by Gasteiger charge is 2.17. The van der Waals surface area contributed by atoms with E-state index in [-0.39, 0.29) is 5.91 Å². The summed E-state index contributed by atoms with van der Waals surface area (Å²) in [4.78, 5) is 29.1. The van der Waals surface area contributed by atoms with Gasteiger partial charge >= 0.3 is 0 Å². The van der Waals surface area contributed by atoms with Crippen molar-refractivity contribution in [1.29, 1.82) is 0 Å². The number of nitrogens with one attached hydrogen (secondary N) is 2. The maximum atomic E-state index is 11.9. The number of carbonyl (C=O) groups is 1.